The average Bonchev–Trinajstić information content (AvgIpc) is 3.25. The zero-order chi connectivity index (χ0) is 24.1. The Morgan fingerprint density at radius 2 is 1.85 bits per heavy atom. The summed E-state index contributed by atoms with van der Waals surface area (Å²) in [6.07, 6.45) is 7.61. The minimum absolute atomic E-state index is 0.0292. The Labute approximate surface area is 203 Å². The van der Waals surface area contributed by atoms with E-state index in [4.69, 9.17) is 15.5 Å². The summed E-state index contributed by atoms with van der Waals surface area (Å²) < 4.78 is 7.22. The topological polar surface area (TPSA) is 77.6 Å². The number of hydrogen-bond donors (Lipinski definition) is 1. The molecule has 0 saturated carbocycles. The second-order valence-corrected chi connectivity index (χ2v) is 8.86. The Kier molecular flexibility index (Phi) is 7.18. The van der Waals surface area contributed by atoms with Crippen LogP contribution in [0.25, 0.3) is 10.2 Å². The van der Waals surface area contributed by atoms with Crippen molar-refractivity contribution in [2.45, 2.75) is 26.7 Å². The third-order valence-corrected chi connectivity index (χ3v) is 6.47. The average molecular weight is 470 g/mol. The number of aromatic nitrogens is 1. The van der Waals surface area contributed by atoms with E-state index in [9.17, 15) is 4.79 Å². The van der Waals surface area contributed by atoms with Gasteiger partial charge >= 0.3 is 0 Å². The minimum atomic E-state index is -0.0292. The van der Waals surface area contributed by atoms with Crippen molar-refractivity contribution in [3.05, 3.63) is 101 Å². The van der Waals surface area contributed by atoms with Crippen LogP contribution in [0.4, 0.5) is 5.13 Å². The first-order chi connectivity index (χ1) is 16.5. The van der Waals surface area contributed by atoms with Crippen LogP contribution < -0.4 is 10.5 Å². The molecule has 1 aliphatic carbocycles. The van der Waals surface area contributed by atoms with Crippen molar-refractivity contribution >= 4 is 38.2 Å². The smallest absolute Gasteiger partial charge is 0.184 e. The number of rotatable bonds is 8. The van der Waals surface area contributed by atoms with E-state index >= 15 is 0 Å². The molecule has 6 heteroatoms. The van der Waals surface area contributed by atoms with Crippen LogP contribution >= 0.6 is 11.3 Å². The lowest BCUT2D eigenvalue weighted by Crippen LogP contribution is -2.14. The van der Waals surface area contributed by atoms with E-state index in [0.29, 0.717) is 22.2 Å². The molecule has 2 N–H and O–H groups in total. The summed E-state index contributed by atoms with van der Waals surface area (Å²) in [5, 5.41) is 0.520. The highest BCUT2D eigenvalue weighted by Crippen LogP contribution is 2.31. The van der Waals surface area contributed by atoms with Crippen LogP contribution in [-0.2, 0) is 0 Å². The molecule has 0 aliphatic heterocycles. The Balaban J connectivity index is 1.72. The highest BCUT2D eigenvalue weighted by atomic mass is 32.1. The number of nitrogens with two attached hydrogens (primary N) is 1. The summed E-state index contributed by atoms with van der Waals surface area (Å²) in [5.41, 5.74) is 11.3. The molecule has 0 fully saturated rings. The van der Waals surface area contributed by atoms with Crippen molar-refractivity contribution in [2.24, 2.45) is 4.99 Å². The van der Waals surface area contributed by atoms with E-state index in [2.05, 4.69) is 37.6 Å². The van der Waals surface area contributed by atoms with Gasteiger partial charge in [0.15, 0.2) is 10.9 Å². The maximum atomic E-state index is 12.7. The fourth-order valence-electron chi connectivity index (χ4n) is 3.85. The number of fused-ring (bicyclic) bond motifs is 1. The van der Waals surface area contributed by atoms with Crippen molar-refractivity contribution in [1.82, 2.24) is 4.98 Å². The number of thiazole rings is 1. The van der Waals surface area contributed by atoms with Crippen LogP contribution in [0, 0.1) is 0 Å². The Morgan fingerprint density at radius 3 is 2.56 bits per heavy atom. The fraction of sp³-hybridized carbons (Fsp3) is 0.179. The van der Waals surface area contributed by atoms with E-state index in [-0.39, 0.29) is 12.3 Å². The van der Waals surface area contributed by atoms with Gasteiger partial charge in [-0.1, -0.05) is 62.1 Å². The van der Waals surface area contributed by atoms with Crippen molar-refractivity contribution in [3.8, 4) is 5.75 Å². The molecule has 3 aromatic rings. The van der Waals surface area contributed by atoms with Gasteiger partial charge in [-0.05, 0) is 54.3 Å². The molecule has 1 aromatic heterocycles. The molecular formula is C28H27N3O2S. The molecule has 0 amide bonds. The molecule has 2 aromatic carbocycles. The third kappa shape index (κ3) is 5.07. The molecule has 0 atom stereocenters. The lowest BCUT2D eigenvalue weighted by molar-refractivity contribution is 0.100. The number of aliphatic imine (C=N–C) groups is 1. The van der Waals surface area contributed by atoms with Crippen LogP contribution in [0.3, 0.4) is 0 Å². The number of nitrogens with zero attached hydrogens (tertiary/aromatic N) is 2. The van der Waals surface area contributed by atoms with Crippen molar-refractivity contribution in [2.75, 3.05) is 12.3 Å². The number of allylic oxidation sites excluding steroid dienone is 6. The zero-order valence-electron chi connectivity index (χ0n) is 19.4. The number of carbonyl (C=O) groups excluding carboxylic acids is 1. The van der Waals surface area contributed by atoms with E-state index in [1.165, 1.54) is 22.5 Å². The molecule has 0 bridgehead atoms. The lowest BCUT2D eigenvalue weighted by atomic mass is 9.89. The number of benzene rings is 2. The van der Waals surface area contributed by atoms with E-state index < -0.39 is 0 Å². The molecule has 0 spiro atoms. The lowest BCUT2D eigenvalue weighted by Gasteiger charge is -2.20. The van der Waals surface area contributed by atoms with Gasteiger partial charge in [-0.2, -0.15) is 0 Å². The number of ketones is 1. The standard InChI is InChI=1S/C28H27N3O2S/c1-4-18-14-22(26(6-3)33-21-12-13-23-27(16-21)34-28(29)31-23)24(15-19(18)5-2)30-17-25(32)20-10-8-7-9-11-20/h6-16H,3-5,17H2,1-2H3,(H2,29,31)/b26-22+,30-24+. The molecule has 1 heterocycles. The second kappa shape index (κ2) is 10.4. The number of hydrogen-bond acceptors (Lipinski definition) is 6. The Bertz CT molecular complexity index is 1360. The third-order valence-electron chi connectivity index (χ3n) is 5.62. The SMILES string of the molecule is C=C/C(Oc1ccc2nc(N)sc2c1)=C1/C=C(CC)C(CC)=C/C1=N\CC(=O)c1ccccc1. The van der Waals surface area contributed by atoms with Crippen molar-refractivity contribution < 1.29 is 9.53 Å². The van der Waals surface area contributed by atoms with Gasteiger partial charge in [0.25, 0.3) is 0 Å². The maximum Gasteiger partial charge on any atom is 0.184 e. The normalized spacial score (nSPS) is 16.2. The number of ether oxygens (including phenoxy) is 1. The summed E-state index contributed by atoms with van der Waals surface area (Å²) >= 11 is 1.42. The van der Waals surface area contributed by atoms with Gasteiger partial charge in [-0.3, -0.25) is 9.79 Å². The van der Waals surface area contributed by atoms with Gasteiger partial charge < -0.3 is 10.5 Å². The number of Topliss-reactive ketones (excluding diaryl/α,β-unsaturated/α-hetero) is 1. The molecule has 4 rings (SSSR count). The van der Waals surface area contributed by atoms with Gasteiger partial charge in [0.1, 0.15) is 18.1 Å². The highest BCUT2D eigenvalue weighted by molar-refractivity contribution is 7.22. The minimum Gasteiger partial charge on any atom is -0.457 e. The monoisotopic (exact) mass is 469 g/mol. The van der Waals surface area contributed by atoms with Crippen LogP contribution in [0.5, 0.6) is 5.75 Å². The van der Waals surface area contributed by atoms with Crippen molar-refractivity contribution in [1.29, 1.82) is 0 Å². The van der Waals surface area contributed by atoms with Crippen LogP contribution in [0.1, 0.15) is 37.0 Å². The summed E-state index contributed by atoms with van der Waals surface area (Å²) in [4.78, 5) is 21.7. The van der Waals surface area contributed by atoms with Gasteiger partial charge in [0.2, 0.25) is 0 Å². The first-order valence-electron chi connectivity index (χ1n) is 11.3. The number of anilines is 1. The molecule has 5 nitrogen and oxygen atoms in total. The maximum absolute atomic E-state index is 12.7. The number of carbonyl (C=O) groups is 1. The van der Waals surface area contributed by atoms with Gasteiger partial charge in [-0.15, -0.1) is 0 Å². The predicted molar refractivity (Wildman–Crippen MR) is 142 cm³/mol. The van der Waals surface area contributed by atoms with Crippen LogP contribution in [-0.4, -0.2) is 23.0 Å². The Hall–Kier alpha value is -3.77. The molecule has 0 unspecified atom stereocenters. The van der Waals surface area contributed by atoms with E-state index in [1.807, 2.05) is 48.5 Å². The zero-order valence-corrected chi connectivity index (χ0v) is 20.2. The Morgan fingerprint density at radius 1 is 1.12 bits per heavy atom. The van der Waals surface area contributed by atoms with Gasteiger partial charge in [0, 0.05) is 17.2 Å². The molecule has 34 heavy (non-hydrogen) atoms. The van der Waals surface area contributed by atoms with Gasteiger partial charge in [0.05, 0.1) is 15.9 Å². The first kappa shape index (κ1) is 23.4. The van der Waals surface area contributed by atoms with E-state index in [1.54, 1.807) is 6.08 Å². The summed E-state index contributed by atoms with van der Waals surface area (Å²) in [6, 6.07) is 14.9. The van der Waals surface area contributed by atoms with Crippen LogP contribution in [0.15, 0.2) is 101 Å². The second-order valence-electron chi connectivity index (χ2n) is 7.80. The summed E-state index contributed by atoms with van der Waals surface area (Å²) in [7, 11) is 0. The largest absolute Gasteiger partial charge is 0.457 e. The number of nitrogen functional groups attached to an aromatic ring is 1. The van der Waals surface area contributed by atoms with Crippen LogP contribution in [0.2, 0.25) is 0 Å². The molecule has 0 radical (unpaired) electrons. The quantitative estimate of drug-likeness (QED) is 0.294. The van der Waals surface area contributed by atoms with E-state index in [0.717, 1.165) is 34.3 Å². The molecule has 0 saturated heterocycles. The van der Waals surface area contributed by atoms with Crippen molar-refractivity contribution in [3.63, 3.8) is 0 Å². The molecule has 1 aliphatic rings. The summed E-state index contributed by atoms with van der Waals surface area (Å²) in [5.74, 6) is 1.22. The fourth-order valence-corrected chi connectivity index (χ4v) is 4.62. The molecule has 172 valence electrons. The summed E-state index contributed by atoms with van der Waals surface area (Å²) in [6.45, 7) is 8.29. The predicted octanol–water partition coefficient (Wildman–Crippen LogP) is 6.71. The van der Waals surface area contributed by atoms with Gasteiger partial charge in [-0.25, -0.2) is 4.98 Å². The highest BCUT2D eigenvalue weighted by Gasteiger charge is 2.19. The first-order valence-corrected chi connectivity index (χ1v) is 12.1. The molecular weight excluding hydrogens is 442 g/mol.